The first-order chi connectivity index (χ1) is 12.6. The maximum atomic E-state index is 12.3. The van der Waals surface area contributed by atoms with Crippen LogP contribution in [-0.2, 0) is 0 Å². The molecule has 0 aliphatic carbocycles. The van der Waals surface area contributed by atoms with Gasteiger partial charge in [0.2, 0.25) is 0 Å². The number of para-hydroxylation sites is 1. The molecule has 3 rings (SSSR count). The number of fused-ring (bicyclic) bond motifs is 1. The lowest BCUT2D eigenvalue weighted by atomic mass is 10.1. The maximum absolute atomic E-state index is 12.3. The Bertz CT molecular complexity index is 986. The fourth-order valence-corrected chi connectivity index (χ4v) is 2.71. The lowest BCUT2D eigenvalue weighted by molar-refractivity contribution is 0.0951. The van der Waals surface area contributed by atoms with Crippen molar-refractivity contribution >= 4 is 34.6 Å². The van der Waals surface area contributed by atoms with Gasteiger partial charge in [-0.05, 0) is 43.7 Å². The zero-order valence-electron chi connectivity index (χ0n) is 14.5. The van der Waals surface area contributed by atoms with Crippen LogP contribution in [0.1, 0.15) is 28.4 Å². The second-order valence-electron chi connectivity index (χ2n) is 5.69. The first kappa shape index (κ1) is 17.9. The Morgan fingerprint density at radius 2 is 2.08 bits per heavy atom. The Morgan fingerprint density at radius 1 is 1.27 bits per heavy atom. The van der Waals surface area contributed by atoms with Crippen molar-refractivity contribution in [3.05, 3.63) is 70.4 Å². The molecule has 3 aromatic rings. The SMILES string of the molecule is CCOc1ccccc1C(=O)NN=Cc1cc2ccc(C)cc2nc1Cl. The number of nitrogens with one attached hydrogen (secondary N) is 1. The summed E-state index contributed by atoms with van der Waals surface area (Å²) in [7, 11) is 0. The molecule has 1 heterocycles. The summed E-state index contributed by atoms with van der Waals surface area (Å²) in [5, 5.41) is 5.28. The summed E-state index contributed by atoms with van der Waals surface area (Å²) in [5.41, 5.74) is 5.48. The van der Waals surface area contributed by atoms with E-state index in [9.17, 15) is 4.79 Å². The molecular weight excluding hydrogens is 350 g/mol. The van der Waals surface area contributed by atoms with Crippen LogP contribution >= 0.6 is 11.6 Å². The number of aryl methyl sites for hydroxylation is 1. The molecular formula is C20H18ClN3O2. The van der Waals surface area contributed by atoms with Gasteiger partial charge in [-0.2, -0.15) is 5.10 Å². The highest BCUT2D eigenvalue weighted by atomic mass is 35.5. The van der Waals surface area contributed by atoms with Crippen LogP contribution < -0.4 is 10.2 Å². The summed E-state index contributed by atoms with van der Waals surface area (Å²) in [5.74, 6) is 0.161. The van der Waals surface area contributed by atoms with Crippen molar-refractivity contribution in [1.82, 2.24) is 10.4 Å². The lowest BCUT2D eigenvalue weighted by Crippen LogP contribution is -2.18. The molecule has 26 heavy (non-hydrogen) atoms. The number of hydrogen-bond donors (Lipinski definition) is 1. The van der Waals surface area contributed by atoms with E-state index in [2.05, 4.69) is 15.5 Å². The van der Waals surface area contributed by atoms with Gasteiger partial charge in [0.15, 0.2) is 0 Å². The molecule has 5 nitrogen and oxygen atoms in total. The number of amides is 1. The number of hydrazone groups is 1. The number of ether oxygens (including phenoxy) is 1. The first-order valence-corrected chi connectivity index (χ1v) is 8.58. The number of benzene rings is 2. The normalized spacial score (nSPS) is 11.0. The topological polar surface area (TPSA) is 63.6 Å². The second kappa shape index (κ2) is 7.97. The quantitative estimate of drug-likeness (QED) is 0.414. The van der Waals surface area contributed by atoms with Crippen LogP contribution in [-0.4, -0.2) is 23.7 Å². The molecule has 0 radical (unpaired) electrons. The van der Waals surface area contributed by atoms with E-state index in [-0.39, 0.29) is 5.91 Å². The number of hydrogen-bond acceptors (Lipinski definition) is 4. The van der Waals surface area contributed by atoms with Crippen molar-refractivity contribution in [2.75, 3.05) is 6.61 Å². The zero-order chi connectivity index (χ0) is 18.5. The molecule has 1 N–H and O–H groups in total. The number of carbonyl (C=O) groups is 1. The molecule has 1 amide bonds. The molecule has 132 valence electrons. The summed E-state index contributed by atoms with van der Waals surface area (Å²) in [6.07, 6.45) is 1.48. The minimum absolute atomic E-state index is 0.329. The van der Waals surface area contributed by atoms with E-state index in [0.29, 0.717) is 28.6 Å². The van der Waals surface area contributed by atoms with Gasteiger partial charge in [-0.15, -0.1) is 0 Å². The highest BCUT2D eigenvalue weighted by molar-refractivity contribution is 6.32. The van der Waals surface area contributed by atoms with Gasteiger partial charge in [-0.3, -0.25) is 4.79 Å². The van der Waals surface area contributed by atoms with Gasteiger partial charge in [-0.25, -0.2) is 10.4 Å². The molecule has 0 unspecified atom stereocenters. The van der Waals surface area contributed by atoms with E-state index in [4.69, 9.17) is 16.3 Å². The van der Waals surface area contributed by atoms with Crippen molar-refractivity contribution in [1.29, 1.82) is 0 Å². The van der Waals surface area contributed by atoms with Gasteiger partial charge < -0.3 is 4.74 Å². The number of nitrogens with zero attached hydrogens (tertiary/aromatic N) is 2. The van der Waals surface area contributed by atoms with Crippen LogP contribution in [0.15, 0.2) is 53.6 Å². The Kier molecular flexibility index (Phi) is 5.49. The van der Waals surface area contributed by atoms with Crippen LogP contribution in [0.25, 0.3) is 10.9 Å². The Labute approximate surface area is 156 Å². The Hall–Kier alpha value is -2.92. The van der Waals surface area contributed by atoms with Crippen molar-refractivity contribution in [3.8, 4) is 5.75 Å². The monoisotopic (exact) mass is 367 g/mol. The number of rotatable bonds is 5. The zero-order valence-corrected chi connectivity index (χ0v) is 15.2. The van der Waals surface area contributed by atoms with E-state index < -0.39 is 0 Å². The Morgan fingerprint density at radius 3 is 2.88 bits per heavy atom. The standard InChI is InChI=1S/C20H18ClN3O2/c1-3-26-18-7-5-4-6-16(18)20(25)24-22-12-15-11-14-9-8-13(2)10-17(14)23-19(15)21/h4-12H,3H2,1-2H3,(H,24,25). The highest BCUT2D eigenvalue weighted by Crippen LogP contribution is 2.20. The van der Waals surface area contributed by atoms with Crippen LogP contribution in [0.3, 0.4) is 0 Å². The predicted octanol–water partition coefficient (Wildman–Crippen LogP) is 4.36. The fourth-order valence-electron chi connectivity index (χ4n) is 2.52. The Balaban J connectivity index is 1.78. The summed E-state index contributed by atoms with van der Waals surface area (Å²) in [4.78, 5) is 16.7. The first-order valence-electron chi connectivity index (χ1n) is 8.20. The molecule has 0 bridgehead atoms. The van der Waals surface area contributed by atoms with Crippen LogP contribution in [0, 0.1) is 6.92 Å². The van der Waals surface area contributed by atoms with Crippen molar-refractivity contribution in [2.45, 2.75) is 13.8 Å². The third-order valence-corrected chi connectivity index (χ3v) is 4.06. The van der Waals surface area contributed by atoms with Crippen LogP contribution in [0.4, 0.5) is 0 Å². The second-order valence-corrected chi connectivity index (χ2v) is 6.05. The smallest absolute Gasteiger partial charge is 0.275 e. The van der Waals surface area contributed by atoms with Crippen LogP contribution in [0.5, 0.6) is 5.75 Å². The molecule has 1 aromatic heterocycles. The van der Waals surface area contributed by atoms with E-state index in [1.165, 1.54) is 6.21 Å². The lowest BCUT2D eigenvalue weighted by Gasteiger charge is -2.08. The van der Waals surface area contributed by atoms with Gasteiger partial charge in [-0.1, -0.05) is 35.9 Å². The minimum Gasteiger partial charge on any atom is -0.493 e. The average Bonchev–Trinajstić information content (AvgIpc) is 2.63. The third-order valence-electron chi connectivity index (χ3n) is 3.76. The molecule has 0 saturated heterocycles. The highest BCUT2D eigenvalue weighted by Gasteiger charge is 2.11. The summed E-state index contributed by atoms with van der Waals surface area (Å²) in [6, 6.07) is 14.8. The van der Waals surface area contributed by atoms with Crippen molar-refractivity contribution in [2.24, 2.45) is 5.10 Å². The van der Waals surface area contributed by atoms with Gasteiger partial charge in [0.25, 0.3) is 5.91 Å². The summed E-state index contributed by atoms with van der Waals surface area (Å²) < 4.78 is 5.46. The molecule has 2 aromatic carbocycles. The van der Waals surface area contributed by atoms with E-state index in [0.717, 1.165) is 16.5 Å². The molecule has 6 heteroatoms. The number of pyridine rings is 1. The molecule has 0 saturated carbocycles. The number of halogens is 1. The van der Waals surface area contributed by atoms with Crippen molar-refractivity contribution < 1.29 is 9.53 Å². The largest absolute Gasteiger partial charge is 0.493 e. The van der Waals surface area contributed by atoms with E-state index in [1.54, 1.807) is 18.2 Å². The van der Waals surface area contributed by atoms with Gasteiger partial charge in [0, 0.05) is 10.9 Å². The average molecular weight is 368 g/mol. The molecule has 0 aliphatic rings. The van der Waals surface area contributed by atoms with Gasteiger partial charge in [0.05, 0.1) is 23.9 Å². The maximum Gasteiger partial charge on any atom is 0.275 e. The molecule has 0 fully saturated rings. The number of aromatic nitrogens is 1. The van der Waals surface area contributed by atoms with Gasteiger partial charge in [0.1, 0.15) is 10.9 Å². The van der Waals surface area contributed by atoms with Crippen molar-refractivity contribution in [3.63, 3.8) is 0 Å². The van der Waals surface area contributed by atoms with E-state index >= 15 is 0 Å². The molecule has 0 spiro atoms. The number of carbonyl (C=O) groups excluding carboxylic acids is 1. The summed E-state index contributed by atoms with van der Waals surface area (Å²) >= 11 is 6.22. The van der Waals surface area contributed by atoms with E-state index in [1.807, 2.05) is 44.2 Å². The minimum atomic E-state index is -0.356. The third kappa shape index (κ3) is 4.00. The predicted molar refractivity (Wildman–Crippen MR) is 104 cm³/mol. The van der Waals surface area contributed by atoms with Crippen LogP contribution in [0.2, 0.25) is 5.15 Å². The fraction of sp³-hybridized carbons (Fsp3) is 0.150. The molecule has 0 atom stereocenters. The van der Waals surface area contributed by atoms with Gasteiger partial charge >= 0.3 is 0 Å². The summed E-state index contributed by atoms with van der Waals surface area (Å²) in [6.45, 7) is 4.34. The molecule has 0 aliphatic heterocycles.